The number of hydrogen-bond acceptors (Lipinski definition) is 1. The van der Waals surface area contributed by atoms with Crippen LogP contribution in [0.3, 0.4) is 0 Å². The minimum atomic E-state index is -0.716. The van der Waals surface area contributed by atoms with Crippen LogP contribution in [0, 0.1) is 11.6 Å². The van der Waals surface area contributed by atoms with Crippen LogP contribution in [-0.4, -0.2) is 12.6 Å². The molecule has 94 valence electrons. The van der Waals surface area contributed by atoms with Crippen molar-refractivity contribution in [2.24, 2.45) is 0 Å². The van der Waals surface area contributed by atoms with Crippen molar-refractivity contribution in [3.8, 4) is 0 Å². The first-order chi connectivity index (χ1) is 8.11. The Morgan fingerprint density at radius 2 is 1.82 bits per heavy atom. The molecule has 5 heteroatoms. The largest absolute Gasteiger partial charge is 0.338 e. The van der Waals surface area contributed by atoms with E-state index in [0.717, 1.165) is 37.5 Å². The Labute approximate surface area is 99.2 Å². The lowest BCUT2D eigenvalue weighted by molar-refractivity contribution is 0.252. The highest BCUT2D eigenvalue weighted by Crippen LogP contribution is 2.12. The van der Waals surface area contributed by atoms with Crippen molar-refractivity contribution in [1.82, 2.24) is 5.32 Å². The van der Waals surface area contributed by atoms with Gasteiger partial charge in [-0.3, -0.25) is 0 Å². The first kappa shape index (κ1) is 13.4. The number of halogens is 2. The average molecular weight is 242 g/mol. The van der Waals surface area contributed by atoms with Gasteiger partial charge in [0.25, 0.3) is 0 Å². The van der Waals surface area contributed by atoms with Crippen LogP contribution < -0.4 is 10.6 Å². The van der Waals surface area contributed by atoms with E-state index in [1.165, 1.54) is 0 Å². The molecule has 0 atom stereocenters. The number of amides is 2. The van der Waals surface area contributed by atoms with Gasteiger partial charge in [-0.1, -0.05) is 19.8 Å². The minimum absolute atomic E-state index is 0.107. The van der Waals surface area contributed by atoms with Crippen molar-refractivity contribution in [3.05, 3.63) is 29.8 Å². The van der Waals surface area contributed by atoms with Crippen molar-refractivity contribution < 1.29 is 13.6 Å². The smallest absolute Gasteiger partial charge is 0.319 e. The Hall–Kier alpha value is -1.65. The zero-order valence-corrected chi connectivity index (χ0v) is 9.72. The fourth-order valence-corrected chi connectivity index (χ4v) is 1.38. The lowest BCUT2D eigenvalue weighted by atomic mass is 10.2. The molecule has 0 fully saturated rings. The zero-order chi connectivity index (χ0) is 12.7. The Kier molecular flexibility index (Phi) is 5.39. The van der Waals surface area contributed by atoms with Crippen LogP contribution in [0.5, 0.6) is 0 Å². The summed E-state index contributed by atoms with van der Waals surface area (Å²) in [7, 11) is 0. The van der Waals surface area contributed by atoms with E-state index < -0.39 is 17.7 Å². The summed E-state index contributed by atoms with van der Waals surface area (Å²) in [6.07, 6.45) is 2.99. The Bertz CT molecular complexity index is 363. The predicted octanol–water partition coefficient (Wildman–Crippen LogP) is 3.28. The third-order valence-corrected chi connectivity index (χ3v) is 2.19. The summed E-state index contributed by atoms with van der Waals surface area (Å²) >= 11 is 0. The first-order valence-corrected chi connectivity index (χ1v) is 5.62. The van der Waals surface area contributed by atoms with E-state index in [1.54, 1.807) is 0 Å². The molecule has 3 nitrogen and oxygen atoms in total. The fourth-order valence-electron chi connectivity index (χ4n) is 1.38. The van der Waals surface area contributed by atoms with Crippen LogP contribution in [0.25, 0.3) is 0 Å². The van der Waals surface area contributed by atoms with Crippen molar-refractivity contribution in [1.29, 1.82) is 0 Å². The highest BCUT2D eigenvalue weighted by atomic mass is 19.1. The van der Waals surface area contributed by atoms with E-state index in [4.69, 9.17) is 0 Å². The molecule has 2 amide bonds. The monoisotopic (exact) mass is 242 g/mol. The molecule has 0 aliphatic rings. The molecule has 0 aliphatic carbocycles. The summed E-state index contributed by atoms with van der Waals surface area (Å²) < 4.78 is 25.6. The summed E-state index contributed by atoms with van der Waals surface area (Å²) in [5.41, 5.74) is 0.107. The molecule has 0 aliphatic heterocycles. The first-order valence-electron chi connectivity index (χ1n) is 5.62. The van der Waals surface area contributed by atoms with E-state index in [-0.39, 0.29) is 5.69 Å². The summed E-state index contributed by atoms with van der Waals surface area (Å²) in [5.74, 6) is -1.43. The Balaban J connectivity index is 2.39. The van der Waals surface area contributed by atoms with E-state index in [1.807, 2.05) is 0 Å². The number of anilines is 1. The third-order valence-electron chi connectivity index (χ3n) is 2.19. The second-order valence-electron chi connectivity index (χ2n) is 3.75. The van der Waals surface area contributed by atoms with Crippen molar-refractivity contribution in [2.75, 3.05) is 11.9 Å². The number of carbonyl (C=O) groups is 1. The number of unbranched alkanes of at least 4 members (excludes halogenated alkanes) is 2. The summed E-state index contributed by atoms with van der Waals surface area (Å²) in [5, 5.41) is 4.98. The molecular weight excluding hydrogens is 226 g/mol. The second-order valence-corrected chi connectivity index (χ2v) is 3.75. The van der Waals surface area contributed by atoms with Crippen LogP contribution in [-0.2, 0) is 0 Å². The Morgan fingerprint density at radius 1 is 1.18 bits per heavy atom. The van der Waals surface area contributed by atoms with Gasteiger partial charge in [-0.2, -0.15) is 0 Å². The SMILES string of the molecule is CCCCCNC(=O)Nc1cc(F)cc(F)c1. The number of benzene rings is 1. The maximum Gasteiger partial charge on any atom is 0.319 e. The number of rotatable bonds is 5. The lowest BCUT2D eigenvalue weighted by Gasteiger charge is -2.07. The zero-order valence-electron chi connectivity index (χ0n) is 9.72. The predicted molar refractivity (Wildman–Crippen MR) is 62.9 cm³/mol. The highest BCUT2D eigenvalue weighted by Gasteiger charge is 2.04. The van der Waals surface area contributed by atoms with E-state index in [9.17, 15) is 13.6 Å². The van der Waals surface area contributed by atoms with Crippen molar-refractivity contribution >= 4 is 11.7 Å². The normalized spacial score (nSPS) is 10.1. The van der Waals surface area contributed by atoms with E-state index in [2.05, 4.69) is 17.6 Å². The topological polar surface area (TPSA) is 41.1 Å². The van der Waals surface area contributed by atoms with Gasteiger partial charge in [0.1, 0.15) is 11.6 Å². The van der Waals surface area contributed by atoms with Gasteiger partial charge in [0.15, 0.2) is 0 Å². The summed E-state index contributed by atoms with van der Waals surface area (Å²) in [6.45, 7) is 2.62. The van der Waals surface area contributed by atoms with Gasteiger partial charge in [0.2, 0.25) is 0 Å². The maximum absolute atomic E-state index is 12.8. The number of nitrogens with one attached hydrogen (secondary N) is 2. The van der Waals surface area contributed by atoms with Crippen LogP contribution in [0.15, 0.2) is 18.2 Å². The van der Waals surface area contributed by atoms with Crippen LogP contribution in [0.2, 0.25) is 0 Å². The molecule has 1 aromatic carbocycles. The fraction of sp³-hybridized carbons (Fsp3) is 0.417. The molecule has 0 saturated heterocycles. The highest BCUT2D eigenvalue weighted by molar-refractivity contribution is 5.89. The van der Waals surface area contributed by atoms with Crippen LogP contribution in [0.1, 0.15) is 26.2 Å². The number of hydrogen-bond donors (Lipinski definition) is 2. The standard InChI is InChI=1S/C12H16F2N2O/c1-2-3-4-5-15-12(17)16-11-7-9(13)6-10(14)8-11/h6-8H,2-5H2,1H3,(H2,15,16,17). The quantitative estimate of drug-likeness (QED) is 0.764. The van der Waals surface area contributed by atoms with Gasteiger partial charge >= 0.3 is 6.03 Å². The molecule has 0 saturated carbocycles. The maximum atomic E-state index is 12.8. The molecule has 2 N–H and O–H groups in total. The summed E-state index contributed by atoms with van der Waals surface area (Å²) in [4.78, 5) is 11.3. The van der Waals surface area contributed by atoms with Gasteiger partial charge in [0.05, 0.1) is 0 Å². The van der Waals surface area contributed by atoms with Crippen molar-refractivity contribution in [2.45, 2.75) is 26.2 Å². The molecule has 1 rings (SSSR count). The van der Waals surface area contributed by atoms with Crippen molar-refractivity contribution in [3.63, 3.8) is 0 Å². The lowest BCUT2D eigenvalue weighted by Crippen LogP contribution is -2.29. The second kappa shape index (κ2) is 6.83. The number of urea groups is 1. The molecule has 0 heterocycles. The van der Waals surface area contributed by atoms with Crippen LogP contribution >= 0.6 is 0 Å². The van der Waals surface area contributed by atoms with E-state index in [0.29, 0.717) is 6.54 Å². The molecule has 0 radical (unpaired) electrons. The number of carbonyl (C=O) groups excluding carboxylic acids is 1. The van der Waals surface area contributed by atoms with E-state index >= 15 is 0 Å². The van der Waals surface area contributed by atoms with Gasteiger partial charge < -0.3 is 10.6 Å². The minimum Gasteiger partial charge on any atom is -0.338 e. The van der Waals surface area contributed by atoms with Gasteiger partial charge in [-0.05, 0) is 18.6 Å². The molecule has 17 heavy (non-hydrogen) atoms. The van der Waals surface area contributed by atoms with Crippen LogP contribution in [0.4, 0.5) is 19.3 Å². The van der Waals surface area contributed by atoms with Gasteiger partial charge in [-0.25, -0.2) is 13.6 Å². The third kappa shape index (κ3) is 5.29. The molecular formula is C12H16F2N2O. The molecule has 0 unspecified atom stereocenters. The molecule has 0 aromatic heterocycles. The molecule has 0 bridgehead atoms. The Morgan fingerprint density at radius 3 is 2.41 bits per heavy atom. The molecule has 0 spiro atoms. The van der Waals surface area contributed by atoms with Gasteiger partial charge in [-0.15, -0.1) is 0 Å². The van der Waals surface area contributed by atoms with Gasteiger partial charge in [0, 0.05) is 18.3 Å². The summed E-state index contributed by atoms with van der Waals surface area (Å²) in [6, 6.07) is 2.43. The molecule has 1 aromatic rings. The average Bonchev–Trinajstić information content (AvgIpc) is 2.23.